The molecule has 0 aromatic rings. The lowest BCUT2D eigenvalue weighted by molar-refractivity contribution is -0.887. The van der Waals surface area contributed by atoms with Gasteiger partial charge in [0.25, 0.3) is 0 Å². The Balaban J connectivity index is 4.34. The topological polar surface area (TPSA) is 99.1 Å². The molecule has 0 heterocycles. The highest BCUT2D eigenvalue weighted by atomic mass is 16.6. The largest absolute Gasteiger partial charge is 0.477 e. The van der Waals surface area contributed by atoms with Crippen molar-refractivity contribution in [1.29, 1.82) is 0 Å². The molecule has 0 fully saturated rings. The van der Waals surface area contributed by atoms with Gasteiger partial charge in [-0.05, 0) is 12.8 Å². The van der Waals surface area contributed by atoms with Crippen LogP contribution >= 0.6 is 0 Å². The van der Waals surface area contributed by atoms with Crippen LogP contribution in [-0.2, 0) is 28.6 Å². The van der Waals surface area contributed by atoms with E-state index in [0.29, 0.717) is 19.3 Å². The van der Waals surface area contributed by atoms with Gasteiger partial charge in [0.05, 0.1) is 34.4 Å². The van der Waals surface area contributed by atoms with E-state index >= 15 is 0 Å². The monoisotopic (exact) mass is 713 g/mol. The lowest BCUT2D eigenvalue weighted by Crippen LogP contribution is -2.50. The van der Waals surface area contributed by atoms with Crippen molar-refractivity contribution in [1.82, 2.24) is 0 Å². The van der Waals surface area contributed by atoms with Gasteiger partial charge >= 0.3 is 17.9 Å². The fourth-order valence-electron chi connectivity index (χ4n) is 6.45. The zero-order chi connectivity index (χ0) is 37.1. The molecule has 0 aliphatic rings. The molecule has 296 valence electrons. The van der Waals surface area contributed by atoms with Crippen LogP contribution in [-0.4, -0.2) is 80.6 Å². The minimum atomic E-state index is -0.871. The van der Waals surface area contributed by atoms with E-state index in [0.717, 1.165) is 38.5 Å². The van der Waals surface area contributed by atoms with Gasteiger partial charge in [0.15, 0.2) is 12.1 Å². The van der Waals surface area contributed by atoms with E-state index in [2.05, 4.69) is 13.8 Å². The van der Waals surface area contributed by atoms with Gasteiger partial charge in [0.1, 0.15) is 6.61 Å². The predicted molar refractivity (Wildman–Crippen MR) is 206 cm³/mol. The second kappa shape index (κ2) is 34.4. The SMILES string of the molecule is CCCCCCCCCCCCCCCC(=O)OCC(COCC[C@@H](C(=O)O)[N+](C)(C)C)OC(=O)CCCCCCCCCCCCCCC. The maximum Gasteiger partial charge on any atom is 0.362 e. The first-order valence-electron chi connectivity index (χ1n) is 21.1. The molecule has 0 saturated heterocycles. The Labute approximate surface area is 308 Å². The number of hydrogen-bond acceptors (Lipinski definition) is 6. The van der Waals surface area contributed by atoms with Crippen LogP contribution in [0.25, 0.3) is 0 Å². The van der Waals surface area contributed by atoms with Crippen LogP contribution in [0.15, 0.2) is 0 Å². The standard InChI is InChI=1S/C42H81NO7/c1-6-8-10-12-14-16-18-20-22-24-26-28-30-32-40(44)49-37-38(36-48-35-34-39(42(46)47)43(3,4)5)50-41(45)33-31-29-27-25-23-21-19-17-15-13-11-9-7-2/h38-39H,6-37H2,1-5H3/p+1/t38?,39-/m0/s1. The summed E-state index contributed by atoms with van der Waals surface area (Å²) in [6, 6.07) is -0.607. The van der Waals surface area contributed by atoms with Crippen molar-refractivity contribution in [2.24, 2.45) is 0 Å². The first-order valence-corrected chi connectivity index (χ1v) is 21.1. The van der Waals surface area contributed by atoms with Crippen LogP contribution in [0.3, 0.4) is 0 Å². The molecular weight excluding hydrogens is 630 g/mol. The Kier molecular flexibility index (Phi) is 33.3. The third-order valence-corrected chi connectivity index (χ3v) is 9.76. The van der Waals surface area contributed by atoms with Gasteiger partial charge in [-0.2, -0.15) is 0 Å². The molecule has 0 amide bonds. The van der Waals surface area contributed by atoms with Crippen LogP contribution in [0.5, 0.6) is 0 Å². The van der Waals surface area contributed by atoms with Gasteiger partial charge in [0.2, 0.25) is 0 Å². The number of esters is 2. The molecule has 0 aromatic carbocycles. The highest BCUT2D eigenvalue weighted by molar-refractivity contribution is 5.72. The number of likely N-dealkylation sites (N-methyl/N-ethyl adjacent to an activating group) is 1. The summed E-state index contributed by atoms with van der Waals surface area (Å²) < 4.78 is 17.3. The molecule has 50 heavy (non-hydrogen) atoms. The Morgan fingerprint density at radius 1 is 0.520 bits per heavy atom. The normalized spacial score (nSPS) is 12.9. The van der Waals surface area contributed by atoms with Crippen LogP contribution in [0, 0.1) is 0 Å². The molecule has 1 N–H and O–H groups in total. The summed E-state index contributed by atoms with van der Waals surface area (Å²) in [6.45, 7) is 4.76. The van der Waals surface area contributed by atoms with E-state index in [-0.39, 0.29) is 36.2 Å². The van der Waals surface area contributed by atoms with E-state index in [9.17, 15) is 19.5 Å². The lowest BCUT2D eigenvalue weighted by atomic mass is 10.0. The van der Waals surface area contributed by atoms with Crippen LogP contribution in [0.4, 0.5) is 0 Å². The number of aliphatic carboxylic acids is 1. The Morgan fingerprint density at radius 2 is 0.880 bits per heavy atom. The van der Waals surface area contributed by atoms with Gasteiger partial charge in [0, 0.05) is 19.3 Å². The zero-order valence-corrected chi connectivity index (χ0v) is 33.6. The number of hydrogen-bond donors (Lipinski definition) is 1. The highest BCUT2D eigenvalue weighted by Gasteiger charge is 2.31. The molecule has 0 aliphatic heterocycles. The van der Waals surface area contributed by atoms with Gasteiger partial charge in [-0.1, -0.05) is 168 Å². The summed E-state index contributed by atoms with van der Waals surface area (Å²) in [5.41, 5.74) is 0. The molecule has 0 aliphatic carbocycles. The molecular formula is C42H82NO7+. The van der Waals surface area contributed by atoms with E-state index in [1.54, 1.807) is 0 Å². The third-order valence-electron chi connectivity index (χ3n) is 9.76. The number of quaternary nitrogens is 1. The third kappa shape index (κ3) is 32.3. The fraction of sp³-hybridized carbons (Fsp3) is 0.929. The molecule has 0 rings (SSSR count). The number of carbonyl (C=O) groups is 3. The number of carboxylic acids is 1. The molecule has 8 nitrogen and oxygen atoms in total. The van der Waals surface area contributed by atoms with Crippen molar-refractivity contribution in [3.8, 4) is 0 Å². The zero-order valence-electron chi connectivity index (χ0n) is 33.6. The quantitative estimate of drug-likeness (QED) is 0.0386. The van der Waals surface area contributed by atoms with Gasteiger partial charge in [-0.25, -0.2) is 4.79 Å². The second-order valence-corrected chi connectivity index (χ2v) is 15.6. The van der Waals surface area contributed by atoms with Crippen molar-refractivity contribution in [3.05, 3.63) is 0 Å². The molecule has 8 heteroatoms. The average Bonchev–Trinajstić information content (AvgIpc) is 3.06. The number of unbranched alkanes of at least 4 members (excludes halogenated alkanes) is 24. The lowest BCUT2D eigenvalue weighted by Gasteiger charge is -2.31. The minimum absolute atomic E-state index is 0.0423. The molecule has 0 bridgehead atoms. The Morgan fingerprint density at radius 3 is 1.24 bits per heavy atom. The summed E-state index contributed by atoms with van der Waals surface area (Å²) in [5, 5.41) is 9.59. The highest BCUT2D eigenvalue weighted by Crippen LogP contribution is 2.15. The number of carbonyl (C=O) groups excluding carboxylic acids is 2. The molecule has 0 aromatic heterocycles. The summed E-state index contributed by atoms with van der Waals surface area (Å²) in [5.74, 6) is -1.45. The van der Waals surface area contributed by atoms with Crippen molar-refractivity contribution in [2.45, 2.75) is 212 Å². The van der Waals surface area contributed by atoms with Crippen molar-refractivity contribution < 1.29 is 38.2 Å². The van der Waals surface area contributed by atoms with E-state index in [1.807, 2.05) is 21.1 Å². The Bertz CT molecular complexity index is 797. The first kappa shape index (κ1) is 48.3. The second-order valence-electron chi connectivity index (χ2n) is 15.6. The van der Waals surface area contributed by atoms with Crippen LogP contribution < -0.4 is 0 Å². The Hall–Kier alpha value is -1.67. The number of ether oxygens (including phenoxy) is 3. The van der Waals surface area contributed by atoms with E-state index < -0.39 is 18.1 Å². The molecule has 0 spiro atoms. The summed E-state index contributed by atoms with van der Waals surface area (Å²) >= 11 is 0. The van der Waals surface area contributed by atoms with Crippen molar-refractivity contribution >= 4 is 17.9 Å². The first-order chi connectivity index (χ1) is 24.1. The smallest absolute Gasteiger partial charge is 0.362 e. The summed E-state index contributed by atoms with van der Waals surface area (Å²) in [6.07, 6.45) is 32.7. The van der Waals surface area contributed by atoms with Crippen LogP contribution in [0.2, 0.25) is 0 Å². The van der Waals surface area contributed by atoms with Gasteiger partial charge in [-0.3, -0.25) is 9.59 Å². The van der Waals surface area contributed by atoms with Gasteiger partial charge in [-0.15, -0.1) is 0 Å². The van der Waals surface area contributed by atoms with Gasteiger partial charge < -0.3 is 23.8 Å². The summed E-state index contributed by atoms with van der Waals surface area (Å²) in [7, 11) is 5.53. The molecule has 2 atom stereocenters. The van der Waals surface area contributed by atoms with E-state index in [4.69, 9.17) is 14.2 Å². The van der Waals surface area contributed by atoms with Crippen molar-refractivity contribution in [3.63, 3.8) is 0 Å². The maximum absolute atomic E-state index is 12.7. The molecule has 0 radical (unpaired) electrons. The predicted octanol–water partition coefficient (Wildman–Crippen LogP) is 11.0. The number of nitrogens with zero attached hydrogens (tertiary/aromatic N) is 1. The number of carboxylic acid groups (broad SMARTS) is 1. The fourth-order valence-corrected chi connectivity index (χ4v) is 6.45. The molecule has 1 unspecified atom stereocenters. The number of rotatable bonds is 38. The minimum Gasteiger partial charge on any atom is -0.477 e. The van der Waals surface area contributed by atoms with E-state index in [1.165, 1.54) is 128 Å². The summed E-state index contributed by atoms with van der Waals surface area (Å²) in [4.78, 5) is 36.8. The maximum atomic E-state index is 12.7. The average molecular weight is 713 g/mol. The molecule has 0 saturated carbocycles. The van der Waals surface area contributed by atoms with Crippen LogP contribution in [0.1, 0.15) is 200 Å². The van der Waals surface area contributed by atoms with Crippen molar-refractivity contribution in [2.75, 3.05) is 41.0 Å².